The van der Waals surface area contributed by atoms with Gasteiger partial charge in [0, 0.05) is 25.5 Å². The number of rotatable bonds is 5. The van der Waals surface area contributed by atoms with Gasteiger partial charge in [-0.25, -0.2) is 9.36 Å². The third-order valence-electron chi connectivity index (χ3n) is 4.88. The molecule has 4 rings (SSSR count). The summed E-state index contributed by atoms with van der Waals surface area (Å²) in [5.74, 6) is -0.795. The number of halogens is 3. The highest BCUT2D eigenvalue weighted by Gasteiger charge is 2.32. The minimum Gasteiger partial charge on any atom is -0.493 e. The Morgan fingerprint density at radius 2 is 1.90 bits per heavy atom. The number of alkyl halides is 3. The summed E-state index contributed by atoms with van der Waals surface area (Å²) >= 11 is 0. The van der Waals surface area contributed by atoms with E-state index in [9.17, 15) is 23.1 Å². The molecule has 0 spiro atoms. The van der Waals surface area contributed by atoms with Gasteiger partial charge in [-0.1, -0.05) is 0 Å². The highest BCUT2D eigenvalue weighted by atomic mass is 19.4. The van der Waals surface area contributed by atoms with Crippen LogP contribution in [0.2, 0.25) is 0 Å². The topological polar surface area (TPSA) is 90.5 Å². The molecule has 1 aromatic carbocycles. The van der Waals surface area contributed by atoms with Crippen LogP contribution in [-0.4, -0.2) is 51.4 Å². The van der Waals surface area contributed by atoms with Crippen molar-refractivity contribution in [1.82, 2.24) is 19.4 Å². The third-order valence-corrected chi connectivity index (χ3v) is 4.88. The van der Waals surface area contributed by atoms with Crippen molar-refractivity contribution in [2.45, 2.75) is 18.5 Å². The van der Waals surface area contributed by atoms with Crippen LogP contribution in [0.4, 0.5) is 13.2 Å². The number of hydrogen-bond donors (Lipinski definition) is 2. The molecule has 0 bridgehead atoms. The number of nitrogens with zero attached hydrogens (tertiary/aromatic N) is 3. The van der Waals surface area contributed by atoms with Gasteiger partial charge in [-0.2, -0.15) is 0 Å². The standard InChI is InChI=1S/C20H19F3N4O4/c21-20(22,23)31-15-3-1-14(2-4-15)27-17(28)12-26(19(27)29)18(13-5-7-24-8-6-13)16-11-25-9-10-30-16/h1-8,12,16,18,25,28H,9-11H2. The van der Waals surface area contributed by atoms with Crippen LogP contribution in [0.15, 0.2) is 59.8 Å². The van der Waals surface area contributed by atoms with Crippen LogP contribution in [0.5, 0.6) is 11.6 Å². The fraction of sp³-hybridized carbons (Fsp3) is 0.300. The lowest BCUT2D eigenvalue weighted by Crippen LogP contribution is -2.45. The van der Waals surface area contributed by atoms with Gasteiger partial charge in [-0.15, -0.1) is 13.2 Å². The molecule has 0 saturated carbocycles. The molecule has 1 fully saturated rings. The van der Waals surface area contributed by atoms with Gasteiger partial charge in [0.15, 0.2) is 0 Å². The van der Waals surface area contributed by atoms with E-state index in [1.807, 2.05) is 0 Å². The predicted octanol–water partition coefficient (Wildman–Crippen LogP) is 2.22. The van der Waals surface area contributed by atoms with Gasteiger partial charge < -0.3 is 19.9 Å². The number of morpholine rings is 1. The molecule has 164 valence electrons. The van der Waals surface area contributed by atoms with Crippen LogP contribution >= 0.6 is 0 Å². The minimum atomic E-state index is -4.82. The molecular weight excluding hydrogens is 417 g/mol. The zero-order valence-electron chi connectivity index (χ0n) is 16.1. The Hall–Kier alpha value is -3.31. The Morgan fingerprint density at radius 3 is 2.52 bits per heavy atom. The lowest BCUT2D eigenvalue weighted by molar-refractivity contribution is -0.274. The second kappa shape index (κ2) is 8.44. The Bertz CT molecular complexity index is 1070. The summed E-state index contributed by atoms with van der Waals surface area (Å²) in [6.45, 7) is 1.65. The molecule has 0 aliphatic carbocycles. The molecule has 0 amide bonds. The lowest BCUT2D eigenvalue weighted by Gasteiger charge is -2.31. The van der Waals surface area contributed by atoms with E-state index >= 15 is 0 Å². The van der Waals surface area contributed by atoms with Crippen molar-refractivity contribution in [2.75, 3.05) is 19.7 Å². The first-order valence-corrected chi connectivity index (χ1v) is 9.45. The molecule has 11 heteroatoms. The molecule has 1 saturated heterocycles. The first-order chi connectivity index (χ1) is 14.8. The first-order valence-electron chi connectivity index (χ1n) is 9.45. The van der Waals surface area contributed by atoms with Gasteiger partial charge in [-0.05, 0) is 42.0 Å². The SMILES string of the molecule is O=c1n(C(c2ccncc2)C2CNCCO2)cc(O)n1-c1ccc(OC(F)(F)F)cc1. The molecule has 2 N–H and O–H groups in total. The van der Waals surface area contributed by atoms with Crippen LogP contribution in [0.3, 0.4) is 0 Å². The van der Waals surface area contributed by atoms with E-state index in [1.165, 1.54) is 22.9 Å². The molecule has 1 aliphatic heterocycles. The average Bonchev–Trinajstić information content (AvgIpc) is 3.03. The second-order valence-corrected chi connectivity index (χ2v) is 6.89. The van der Waals surface area contributed by atoms with Crippen molar-refractivity contribution in [3.63, 3.8) is 0 Å². The van der Waals surface area contributed by atoms with Crippen molar-refractivity contribution in [2.24, 2.45) is 0 Å². The highest BCUT2D eigenvalue weighted by molar-refractivity contribution is 5.40. The summed E-state index contributed by atoms with van der Waals surface area (Å²) < 4.78 is 49.2. The van der Waals surface area contributed by atoms with E-state index < -0.39 is 23.8 Å². The Kier molecular flexibility index (Phi) is 5.70. The number of ether oxygens (including phenoxy) is 2. The smallest absolute Gasteiger partial charge is 0.493 e. The molecule has 31 heavy (non-hydrogen) atoms. The summed E-state index contributed by atoms with van der Waals surface area (Å²) in [5, 5.41) is 13.7. The van der Waals surface area contributed by atoms with Crippen molar-refractivity contribution < 1.29 is 27.8 Å². The number of benzene rings is 1. The lowest BCUT2D eigenvalue weighted by atomic mass is 10.0. The highest BCUT2D eigenvalue weighted by Crippen LogP contribution is 2.28. The second-order valence-electron chi connectivity index (χ2n) is 6.89. The normalized spacial score (nSPS) is 18.0. The van der Waals surface area contributed by atoms with Crippen LogP contribution in [0.1, 0.15) is 11.6 Å². The van der Waals surface area contributed by atoms with Gasteiger partial charge in [-0.3, -0.25) is 9.55 Å². The molecule has 1 aliphatic rings. The summed E-state index contributed by atoms with van der Waals surface area (Å²) in [6, 6.07) is 7.61. The predicted molar refractivity (Wildman–Crippen MR) is 103 cm³/mol. The molecular formula is C20H19F3N4O4. The summed E-state index contributed by atoms with van der Waals surface area (Å²) in [4.78, 5) is 17.2. The monoisotopic (exact) mass is 436 g/mol. The third kappa shape index (κ3) is 4.57. The number of imidazole rings is 1. The maximum absolute atomic E-state index is 13.2. The van der Waals surface area contributed by atoms with Crippen LogP contribution in [0.25, 0.3) is 5.69 Å². The minimum absolute atomic E-state index is 0.187. The number of aromatic nitrogens is 3. The molecule has 0 radical (unpaired) electrons. The zero-order chi connectivity index (χ0) is 22.0. The maximum Gasteiger partial charge on any atom is 0.573 e. The van der Waals surface area contributed by atoms with E-state index in [0.29, 0.717) is 19.7 Å². The maximum atomic E-state index is 13.2. The van der Waals surface area contributed by atoms with Crippen LogP contribution in [-0.2, 0) is 4.74 Å². The van der Waals surface area contributed by atoms with Crippen molar-refractivity contribution >= 4 is 0 Å². The zero-order valence-corrected chi connectivity index (χ0v) is 16.1. The number of aromatic hydroxyl groups is 1. The summed E-state index contributed by atoms with van der Waals surface area (Å²) in [7, 11) is 0. The van der Waals surface area contributed by atoms with Crippen molar-refractivity contribution in [1.29, 1.82) is 0 Å². The molecule has 3 heterocycles. The van der Waals surface area contributed by atoms with Crippen LogP contribution < -0.4 is 15.7 Å². The van der Waals surface area contributed by atoms with Gasteiger partial charge in [0.05, 0.1) is 30.6 Å². The molecule has 2 aromatic heterocycles. The number of pyridine rings is 1. The Labute approximate surface area is 174 Å². The van der Waals surface area contributed by atoms with E-state index in [0.717, 1.165) is 22.3 Å². The van der Waals surface area contributed by atoms with E-state index in [4.69, 9.17) is 4.74 Å². The first kappa shape index (κ1) is 20.9. The van der Waals surface area contributed by atoms with E-state index in [2.05, 4.69) is 15.0 Å². The molecule has 2 unspecified atom stereocenters. The van der Waals surface area contributed by atoms with Gasteiger partial charge >= 0.3 is 12.1 Å². The molecule has 8 nitrogen and oxygen atoms in total. The largest absolute Gasteiger partial charge is 0.573 e. The van der Waals surface area contributed by atoms with Gasteiger partial charge in [0.1, 0.15) is 5.75 Å². The Balaban J connectivity index is 1.73. The van der Waals surface area contributed by atoms with Crippen LogP contribution in [0, 0.1) is 0 Å². The Morgan fingerprint density at radius 1 is 1.19 bits per heavy atom. The van der Waals surface area contributed by atoms with Crippen molar-refractivity contribution in [3.05, 3.63) is 71.0 Å². The van der Waals surface area contributed by atoms with Crippen molar-refractivity contribution in [3.8, 4) is 17.3 Å². The fourth-order valence-electron chi connectivity index (χ4n) is 3.59. The van der Waals surface area contributed by atoms with E-state index in [-0.39, 0.29) is 17.7 Å². The molecule has 3 aromatic rings. The van der Waals surface area contributed by atoms with Gasteiger partial charge in [0.25, 0.3) is 0 Å². The van der Waals surface area contributed by atoms with E-state index in [1.54, 1.807) is 24.5 Å². The number of hydrogen-bond acceptors (Lipinski definition) is 6. The summed E-state index contributed by atoms with van der Waals surface area (Å²) in [5.41, 5.74) is 0.377. The molecule has 2 atom stereocenters. The fourth-order valence-corrected chi connectivity index (χ4v) is 3.59. The van der Waals surface area contributed by atoms with Gasteiger partial charge in [0.2, 0.25) is 5.88 Å². The average molecular weight is 436 g/mol. The quantitative estimate of drug-likeness (QED) is 0.638. The number of nitrogens with one attached hydrogen (secondary N) is 1. The summed E-state index contributed by atoms with van der Waals surface area (Å²) in [6.07, 6.45) is -0.729.